The number of thioether (sulfide) groups is 1. The molecule has 0 bridgehead atoms. The van der Waals surface area contributed by atoms with Gasteiger partial charge in [0.1, 0.15) is 42.1 Å². The van der Waals surface area contributed by atoms with Crippen molar-refractivity contribution < 1.29 is 66.2 Å². The molecule has 0 aromatic heterocycles. The molecule has 0 spiro atoms. The third kappa shape index (κ3) is 11.7. The van der Waals surface area contributed by atoms with Gasteiger partial charge in [-0.1, -0.05) is 107 Å². The molecule has 354 valence electrons. The highest BCUT2D eigenvalue weighted by atomic mass is 32.2. The normalized spacial score (nSPS) is 30.6. The van der Waals surface area contributed by atoms with E-state index in [9.17, 15) is 14.4 Å². The summed E-state index contributed by atoms with van der Waals surface area (Å²) in [5.41, 5.74) is 0.0764. The number of rotatable bonds is 15. The van der Waals surface area contributed by atoms with Gasteiger partial charge >= 0.3 is 17.9 Å². The maximum Gasteiger partial charge on any atom is 0.338 e. The fraction of sp³-hybridized carbons (Fsp3) is 0.571. The first kappa shape index (κ1) is 49.2. The van der Waals surface area contributed by atoms with Crippen molar-refractivity contribution in [2.75, 3.05) is 25.6 Å². The second kappa shape index (κ2) is 21.1. The highest BCUT2D eigenvalue weighted by Gasteiger charge is 2.59. The van der Waals surface area contributed by atoms with Crippen molar-refractivity contribution in [2.24, 2.45) is 5.41 Å². The van der Waals surface area contributed by atoms with Gasteiger partial charge in [-0.25, -0.2) is 4.79 Å². The quantitative estimate of drug-likeness (QED) is 0.0815. The highest BCUT2D eigenvalue weighted by molar-refractivity contribution is 7.99. The molecule has 7 rings (SSSR count). The molecule has 0 saturated carbocycles. The van der Waals surface area contributed by atoms with E-state index in [-0.39, 0.29) is 31.3 Å². The summed E-state index contributed by atoms with van der Waals surface area (Å²) in [6, 6.07) is 27.8. The predicted octanol–water partition coefficient (Wildman–Crippen LogP) is 8.31. The molecule has 3 aromatic carbocycles. The molecule has 0 aliphatic carbocycles. The minimum absolute atomic E-state index is 0.0212. The zero-order valence-electron chi connectivity index (χ0n) is 38.7. The van der Waals surface area contributed by atoms with Crippen molar-refractivity contribution in [3.05, 3.63) is 108 Å². The Hall–Kier alpha value is -3.68. The van der Waals surface area contributed by atoms with Crippen LogP contribution < -0.4 is 0 Å². The summed E-state index contributed by atoms with van der Waals surface area (Å²) in [6.45, 7) is 17.7. The van der Waals surface area contributed by atoms with Crippen LogP contribution in [0.1, 0.15) is 89.0 Å². The van der Waals surface area contributed by atoms with Crippen LogP contribution in [-0.4, -0.2) is 112 Å². The van der Waals surface area contributed by atoms with Crippen LogP contribution >= 0.6 is 11.8 Å². The van der Waals surface area contributed by atoms with Gasteiger partial charge in [-0.15, -0.1) is 11.8 Å². The lowest BCUT2D eigenvalue weighted by molar-refractivity contribution is -0.387. The first-order chi connectivity index (χ1) is 31.0. The lowest BCUT2D eigenvalue weighted by Crippen LogP contribution is -2.69. The standard InChI is InChI=1S/C49H64O14SSi/c1-10-64-46-41(62-47(52)49(6,7)26-27-53-30(2)50)38(36-35(57-46)29-55-43(59-36)32-22-16-12-17-23-32)61-45-40(58-42(51)31-20-14-11-15-21-31)39(63-65(8,9)48(3,4)5)37-34(56-45)28-54-44(60-37)33-24-18-13-19-25-33/h11-25,34-41,43-46H,10,26-29H2,1-9H3/t34-,35-,36-,37-,38+,39+,40-,41-,43-,44-,45+,46-/m1/s1. The Morgan fingerprint density at radius 3 is 1.77 bits per heavy atom. The molecule has 12 atom stereocenters. The summed E-state index contributed by atoms with van der Waals surface area (Å²) in [6.07, 6.45) is -10.0. The second-order valence-corrected chi connectivity index (χ2v) is 25.0. The molecule has 65 heavy (non-hydrogen) atoms. The Kier molecular flexibility index (Phi) is 16.0. The van der Waals surface area contributed by atoms with Crippen LogP contribution in [0, 0.1) is 5.41 Å². The lowest BCUT2D eigenvalue weighted by atomic mass is 9.89. The summed E-state index contributed by atoms with van der Waals surface area (Å²) >= 11 is 1.44. The van der Waals surface area contributed by atoms with E-state index in [2.05, 4.69) is 33.9 Å². The van der Waals surface area contributed by atoms with Crippen molar-refractivity contribution in [2.45, 2.75) is 146 Å². The third-order valence-corrected chi connectivity index (χ3v) is 18.2. The molecule has 4 saturated heterocycles. The van der Waals surface area contributed by atoms with Gasteiger partial charge in [0.25, 0.3) is 0 Å². The maximum atomic E-state index is 14.3. The van der Waals surface area contributed by atoms with Gasteiger partial charge in [0.2, 0.25) is 0 Å². The zero-order valence-corrected chi connectivity index (χ0v) is 40.6. The van der Waals surface area contributed by atoms with E-state index in [0.717, 1.165) is 11.1 Å². The predicted molar refractivity (Wildman–Crippen MR) is 243 cm³/mol. The van der Waals surface area contributed by atoms with Crippen LogP contribution in [0.2, 0.25) is 18.1 Å². The van der Waals surface area contributed by atoms with E-state index < -0.39 is 105 Å². The first-order valence-electron chi connectivity index (χ1n) is 22.5. The monoisotopic (exact) mass is 936 g/mol. The van der Waals surface area contributed by atoms with E-state index in [1.165, 1.54) is 18.7 Å². The topological polar surface area (TPSA) is 153 Å². The van der Waals surface area contributed by atoms with Crippen LogP contribution in [0.25, 0.3) is 0 Å². The Morgan fingerprint density at radius 1 is 0.692 bits per heavy atom. The third-order valence-electron chi connectivity index (χ3n) is 12.7. The van der Waals surface area contributed by atoms with E-state index in [1.54, 1.807) is 38.1 Å². The fourth-order valence-corrected chi connectivity index (χ4v) is 10.1. The number of carbonyl (C=O) groups is 3. The molecule has 4 heterocycles. The number of hydrogen-bond acceptors (Lipinski definition) is 15. The number of esters is 3. The van der Waals surface area contributed by atoms with Crippen LogP contribution in [0.4, 0.5) is 0 Å². The first-order valence-corrected chi connectivity index (χ1v) is 26.4. The molecular weight excluding hydrogens is 873 g/mol. The van der Waals surface area contributed by atoms with Gasteiger partial charge in [-0.3, -0.25) is 9.59 Å². The maximum absolute atomic E-state index is 14.3. The Bertz CT molecular complexity index is 2030. The van der Waals surface area contributed by atoms with E-state index in [4.69, 9.17) is 51.8 Å². The zero-order chi connectivity index (χ0) is 46.5. The minimum atomic E-state index is -2.68. The fourth-order valence-electron chi connectivity index (χ4n) is 7.87. The van der Waals surface area contributed by atoms with Crippen molar-refractivity contribution in [3.63, 3.8) is 0 Å². The van der Waals surface area contributed by atoms with Gasteiger partial charge in [0.15, 0.2) is 39.4 Å². The molecule has 0 N–H and O–H groups in total. The highest BCUT2D eigenvalue weighted by Crippen LogP contribution is 2.46. The van der Waals surface area contributed by atoms with E-state index >= 15 is 0 Å². The number of carbonyl (C=O) groups excluding carboxylic acids is 3. The van der Waals surface area contributed by atoms with Crippen molar-refractivity contribution in [1.82, 2.24) is 0 Å². The Labute approximate surface area is 387 Å². The molecule has 0 radical (unpaired) electrons. The lowest BCUT2D eigenvalue weighted by Gasteiger charge is -2.54. The van der Waals surface area contributed by atoms with Gasteiger partial charge in [-0.2, -0.15) is 0 Å². The Morgan fingerprint density at radius 2 is 1.23 bits per heavy atom. The second-order valence-electron chi connectivity index (χ2n) is 18.9. The van der Waals surface area contributed by atoms with Gasteiger partial charge < -0.3 is 51.8 Å². The molecule has 4 fully saturated rings. The molecule has 3 aromatic rings. The average Bonchev–Trinajstić information content (AvgIpc) is 3.28. The number of fused-ring (bicyclic) bond motifs is 2. The molecule has 0 amide bonds. The van der Waals surface area contributed by atoms with E-state index in [1.807, 2.05) is 73.7 Å². The number of ether oxygens (including phenoxy) is 10. The number of benzene rings is 3. The largest absolute Gasteiger partial charge is 0.466 e. The van der Waals surface area contributed by atoms with Gasteiger partial charge in [0.05, 0.1) is 30.8 Å². The average molecular weight is 937 g/mol. The van der Waals surface area contributed by atoms with Crippen LogP contribution in [0.5, 0.6) is 0 Å². The summed E-state index contributed by atoms with van der Waals surface area (Å²) in [4.78, 5) is 40.3. The van der Waals surface area contributed by atoms with Crippen molar-refractivity contribution >= 4 is 38.0 Å². The summed E-state index contributed by atoms with van der Waals surface area (Å²) < 4.78 is 72.6. The molecular formula is C49H64O14SSi. The molecule has 14 nitrogen and oxygen atoms in total. The summed E-state index contributed by atoms with van der Waals surface area (Å²) in [5, 5.41) is -0.266. The van der Waals surface area contributed by atoms with Crippen molar-refractivity contribution in [3.8, 4) is 0 Å². The van der Waals surface area contributed by atoms with Crippen LogP contribution in [-0.2, 0) is 61.4 Å². The number of hydrogen-bond donors (Lipinski definition) is 0. The Balaban J connectivity index is 1.31. The summed E-state index contributed by atoms with van der Waals surface area (Å²) in [7, 11) is -2.68. The van der Waals surface area contributed by atoms with Gasteiger partial charge in [0, 0.05) is 18.1 Å². The molecule has 16 heteroatoms. The summed E-state index contributed by atoms with van der Waals surface area (Å²) in [5.74, 6) is -1.02. The van der Waals surface area contributed by atoms with Crippen molar-refractivity contribution in [1.29, 1.82) is 0 Å². The van der Waals surface area contributed by atoms with E-state index in [0.29, 0.717) is 11.3 Å². The van der Waals surface area contributed by atoms with Crippen LogP contribution in [0.15, 0.2) is 91.0 Å². The minimum Gasteiger partial charge on any atom is -0.466 e. The smallest absolute Gasteiger partial charge is 0.338 e. The molecule has 4 aliphatic rings. The van der Waals surface area contributed by atoms with Crippen LogP contribution in [0.3, 0.4) is 0 Å². The SMILES string of the molecule is CCS[C@H]1O[C@@H]2CO[C@@H](c3ccccc3)O[C@H]2[C@H](O[C@@H]2O[C@@H]3CO[C@@H](c4ccccc4)O[C@H]3[C@H](O[Si](C)(C)C(C)(C)C)[C@H]2OC(=O)c2ccccc2)[C@H]1OC(=O)C(C)(C)CCOC(C)=O. The molecule has 4 aliphatic heterocycles. The van der Waals surface area contributed by atoms with Gasteiger partial charge in [-0.05, 0) is 56.3 Å². The molecule has 0 unspecified atom stereocenters.